The van der Waals surface area contributed by atoms with Crippen molar-refractivity contribution in [2.75, 3.05) is 20.7 Å². The molecule has 0 aromatic heterocycles. The summed E-state index contributed by atoms with van der Waals surface area (Å²) in [5.74, 6) is 0.0840. The predicted molar refractivity (Wildman–Crippen MR) is 69.2 cm³/mol. The van der Waals surface area contributed by atoms with Crippen molar-refractivity contribution in [1.82, 2.24) is 4.90 Å². The van der Waals surface area contributed by atoms with Crippen LogP contribution in [0.15, 0.2) is 18.2 Å². The number of halogens is 1. The van der Waals surface area contributed by atoms with E-state index in [1.807, 2.05) is 24.9 Å². The average Bonchev–Trinajstić information content (AvgIpc) is 2.29. The molecule has 0 N–H and O–H groups in total. The first-order valence-corrected chi connectivity index (χ1v) is 6.09. The fraction of sp³-hybridized carbons (Fsp3) is 0.500. The third kappa shape index (κ3) is 4.45. The number of Topliss-reactive ketones (excluding diaryl/α,β-unsaturated/α-hetero) is 1. The fourth-order valence-corrected chi connectivity index (χ4v) is 1.83. The molecule has 0 bridgehead atoms. The van der Waals surface area contributed by atoms with Gasteiger partial charge in [-0.2, -0.15) is 0 Å². The van der Waals surface area contributed by atoms with Crippen molar-refractivity contribution in [3.63, 3.8) is 0 Å². The van der Waals surface area contributed by atoms with E-state index in [4.69, 9.17) is 4.74 Å². The van der Waals surface area contributed by atoms with Crippen molar-refractivity contribution in [3.05, 3.63) is 29.6 Å². The lowest BCUT2D eigenvalue weighted by Crippen LogP contribution is -2.25. The van der Waals surface area contributed by atoms with E-state index in [0.29, 0.717) is 19.5 Å². The van der Waals surface area contributed by atoms with Gasteiger partial charge in [0.1, 0.15) is 5.78 Å². The second-order valence-corrected chi connectivity index (χ2v) is 4.43. The molecule has 0 aliphatic rings. The van der Waals surface area contributed by atoms with Gasteiger partial charge < -0.3 is 4.74 Å². The Balaban J connectivity index is 2.56. The molecule has 1 aromatic carbocycles. The second kappa shape index (κ2) is 7.11. The van der Waals surface area contributed by atoms with Crippen LogP contribution in [0.4, 0.5) is 4.39 Å². The molecule has 18 heavy (non-hydrogen) atoms. The van der Waals surface area contributed by atoms with Gasteiger partial charge in [0.15, 0.2) is 11.6 Å². The molecule has 4 heteroatoms. The summed E-state index contributed by atoms with van der Waals surface area (Å²) in [4.78, 5) is 13.4. The lowest BCUT2D eigenvalue weighted by atomic mass is 10.2. The number of hydrogen-bond donors (Lipinski definition) is 0. The van der Waals surface area contributed by atoms with Gasteiger partial charge >= 0.3 is 0 Å². The van der Waals surface area contributed by atoms with E-state index < -0.39 is 0 Å². The highest BCUT2D eigenvalue weighted by atomic mass is 19.1. The third-order valence-corrected chi connectivity index (χ3v) is 2.64. The number of benzene rings is 1. The summed E-state index contributed by atoms with van der Waals surface area (Å²) in [5.41, 5.74) is 0.833. The summed E-state index contributed by atoms with van der Waals surface area (Å²) in [6, 6.07) is 4.86. The maximum absolute atomic E-state index is 13.5. The molecular formula is C14H20FNO2. The number of carbonyl (C=O) groups excluding carboxylic acids is 1. The average molecular weight is 253 g/mol. The Bertz CT molecular complexity index is 407. The van der Waals surface area contributed by atoms with Crippen LogP contribution in [0.3, 0.4) is 0 Å². The van der Waals surface area contributed by atoms with Crippen LogP contribution in [-0.2, 0) is 11.3 Å². The molecule has 0 aliphatic heterocycles. The molecule has 0 unspecified atom stereocenters. The van der Waals surface area contributed by atoms with Crippen molar-refractivity contribution < 1.29 is 13.9 Å². The van der Waals surface area contributed by atoms with Gasteiger partial charge in [0.2, 0.25) is 0 Å². The van der Waals surface area contributed by atoms with Gasteiger partial charge in [-0.1, -0.05) is 13.0 Å². The normalized spacial score (nSPS) is 10.7. The quantitative estimate of drug-likeness (QED) is 0.748. The first kappa shape index (κ1) is 14.6. The van der Waals surface area contributed by atoms with Crippen LogP contribution >= 0.6 is 0 Å². The van der Waals surface area contributed by atoms with E-state index in [-0.39, 0.29) is 17.3 Å². The minimum atomic E-state index is -0.372. The summed E-state index contributed by atoms with van der Waals surface area (Å²) < 4.78 is 18.3. The zero-order chi connectivity index (χ0) is 13.5. The standard InChI is InChI=1S/C14H20FNO2/c1-4-5-12(17)10-16(2)9-11-6-7-14(18-3)13(15)8-11/h6-8H,4-5,9-10H2,1-3H3. The molecule has 0 saturated carbocycles. The molecule has 100 valence electrons. The number of nitrogens with zero attached hydrogens (tertiary/aromatic N) is 1. The number of likely N-dealkylation sites (N-methyl/N-ethyl adjacent to an activating group) is 1. The summed E-state index contributed by atoms with van der Waals surface area (Å²) >= 11 is 0. The van der Waals surface area contributed by atoms with Gasteiger partial charge in [-0.3, -0.25) is 9.69 Å². The van der Waals surface area contributed by atoms with Gasteiger partial charge in [0.25, 0.3) is 0 Å². The Morgan fingerprint density at radius 3 is 2.72 bits per heavy atom. The molecule has 0 aliphatic carbocycles. The Kier molecular flexibility index (Phi) is 5.78. The van der Waals surface area contributed by atoms with Crippen LogP contribution in [0, 0.1) is 5.82 Å². The van der Waals surface area contributed by atoms with E-state index in [1.54, 1.807) is 6.07 Å². The van der Waals surface area contributed by atoms with Crippen LogP contribution in [-0.4, -0.2) is 31.4 Å². The van der Waals surface area contributed by atoms with Crippen LogP contribution in [0.1, 0.15) is 25.3 Å². The predicted octanol–water partition coefficient (Wildman–Crippen LogP) is 2.64. The van der Waals surface area contributed by atoms with Gasteiger partial charge in [0, 0.05) is 13.0 Å². The van der Waals surface area contributed by atoms with E-state index >= 15 is 0 Å². The number of carbonyl (C=O) groups is 1. The zero-order valence-electron chi connectivity index (χ0n) is 11.2. The molecule has 0 amide bonds. The lowest BCUT2D eigenvalue weighted by molar-refractivity contribution is -0.120. The molecular weight excluding hydrogens is 233 g/mol. The van der Waals surface area contributed by atoms with Gasteiger partial charge in [-0.05, 0) is 31.2 Å². The summed E-state index contributed by atoms with van der Waals surface area (Å²) in [6.45, 7) is 2.94. The molecule has 3 nitrogen and oxygen atoms in total. The summed E-state index contributed by atoms with van der Waals surface area (Å²) in [7, 11) is 3.29. The highest BCUT2D eigenvalue weighted by Crippen LogP contribution is 2.18. The van der Waals surface area contributed by atoms with E-state index in [2.05, 4.69) is 0 Å². The van der Waals surface area contributed by atoms with Crippen LogP contribution in [0.2, 0.25) is 0 Å². The minimum absolute atomic E-state index is 0.217. The SMILES string of the molecule is CCCC(=O)CN(C)Cc1ccc(OC)c(F)c1. The molecule has 1 aromatic rings. The molecule has 0 saturated heterocycles. The highest BCUT2D eigenvalue weighted by molar-refractivity contribution is 5.80. The highest BCUT2D eigenvalue weighted by Gasteiger charge is 2.08. The maximum Gasteiger partial charge on any atom is 0.165 e. The Labute approximate surface area is 108 Å². The first-order chi connectivity index (χ1) is 8.56. The third-order valence-electron chi connectivity index (χ3n) is 2.64. The first-order valence-electron chi connectivity index (χ1n) is 6.09. The monoisotopic (exact) mass is 253 g/mol. The molecule has 0 radical (unpaired) electrons. The van der Waals surface area contributed by atoms with Crippen molar-refractivity contribution in [1.29, 1.82) is 0 Å². The molecule has 1 rings (SSSR count). The molecule has 0 atom stereocenters. The van der Waals surface area contributed by atoms with Crippen molar-refractivity contribution in [2.24, 2.45) is 0 Å². The Morgan fingerprint density at radius 1 is 1.44 bits per heavy atom. The van der Waals surface area contributed by atoms with E-state index in [9.17, 15) is 9.18 Å². The smallest absolute Gasteiger partial charge is 0.165 e. The summed E-state index contributed by atoms with van der Waals surface area (Å²) in [6.07, 6.45) is 1.46. The topological polar surface area (TPSA) is 29.5 Å². The maximum atomic E-state index is 13.5. The Hall–Kier alpha value is -1.42. The van der Waals surface area contributed by atoms with Crippen molar-refractivity contribution in [2.45, 2.75) is 26.3 Å². The number of methoxy groups -OCH3 is 1. The van der Waals surface area contributed by atoms with Crippen molar-refractivity contribution in [3.8, 4) is 5.75 Å². The molecule has 0 heterocycles. The van der Waals surface area contributed by atoms with E-state index in [1.165, 1.54) is 13.2 Å². The van der Waals surface area contributed by atoms with Crippen LogP contribution in [0.25, 0.3) is 0 Å². The zero-order valence-corrected chi connectivity index (χ0v) is 11.2. The number of ketones is 1. The lowest BCUT2D eigenvalue weighted by Gasteiger charge is -2.16. The minimum Gasteiger partial charge on any atom is -0.494 e. The van der Waals surface area contributed by atoms with Crippen molar-refractivity contribution >= 4 is 5.78 Å². The largest absolute Gasteiger partial charge is 0.494 e. The number of ether oxygens (including phenoxy) is 1. The van der Waals surface area contributed by atoms with Crippen LogP contribution in [0.5, 0.6) is 5.75 Å². The van der Waals surface area contributed by atoms with Crippen LogP contribution < -0.4 is 4.74 Å². The number of rotatable bonds is 7. The van der Waals surface area contributed by atoms with Gasteiger partial charge in [-0.25, -0.2) is 4.39 Å². The molecule has 0 fully saturated rings. The number of hydrogen-bond acceptors (Lipinski definition) is 3. The fourth-order valence-electron chi connectivity index (χ4n) is 1.83. The summed E-state index contributed by atoms with van der Waals surface area (Å²) in [5, 5.41) is 0. The Morgan fingerprint density at radius 2 is 2.17 bits per heavy atom. The van der Waals surface area contributed by atoms with Gasteiger partial charge in [-0.15, -0.1) is 0 Å². The second-order valence-electron chi connectivity index (χ2n) is 4.43. The van der Waals surface area contributed by atoms with E-state index in [0.717, 1.165) is 12.0 Å². The molecule has 0 spiro atoms. The van der Waals surface area contributed by atoms with Gasteiger partial charge in [0.05, 0.1) is 13.7 Å².